The monoisotopic (exact) mass is 456 g/mol. The summed E-state index contributed by atoms with van der Waals surface area (Å²) in [5, 5.41) is 8.20. The Kier molecular flexibility index (Phi) is 5.98. The maximum absolute atomic E-state index is 13.1. The second-order valence-corrected chi connectivity index (χ2v) is 7.77. The number of carbonyl (C=O) groups is 1. The number of aromatic nitrogens is 5. The molecular formula is C25H21FN6O2. The van der Waals surface area contributed by atoms with Crippen molar-refractivity contribution in [1.82, 2.24) is 30.0 Å². The number of benzene rings is 1. The van der Waals surface area contributed by atoms with Crippen LogP contribution in [0.3, 0.4) is 0 Å². The Morgan fingerprint density at radius 1 is 1.06 bits per heavy atom. The van der Waals surface area contributed by atoms with Gasteiger partial charge in [0.25, 0.3) is 5.91 Å². The molecule has 170 valence electrons. The second-order valence-electron chi connectivity index (χ2n) is 7.77. The van der Waals surface area contributed by atoms with Gasteiger partial charge in [-0.15, -0.1) is 0 Å². The lowest BCUT2D eigenvalue weighted by Gasteiger charge is -2.07. The highest BCUT2D eigenvalue weighted by atomic mass is 19.1. The van der Waals surface area contributed by atoms with E-state index in [1.165, 1.54) is 6.07 Å². The van der Waals surface area contributed by atoms with E-state index in [0.717, 1.165) is 27.7 Å². The molecule has 0 saturated heterocycles. The number of nitrogens with one attached hydrogen (secondary N) is 2. The second kappa shape index (κ2) is 9.53. The van der Waals surface area contributed by atoms with Crippen LogP contribution in [0.5, 0.6) is 5.88 Å². The molecule has 0 spiro atoms. The number of halogens is 1. The van der Waals surface area contributed by atoms with Crippen LogP contribution in [0.15, 0.2) is 79.4 Å². The van der Waals surface area contributed by atoms with Crippen LogP contribution in [0.4, 0.5) is 4.39 Å². The minimum atomic E-state index is -0.574. The van der Waals surface area contributed by atoms with E-state index in [9.17, 15) is 9.18 Å². The number of pyridine rings is 2. The molecule has 0 bridgehead atoms. The SMILES string of the molecule is O=C(NCc1cnc2[nH]ccc2c1)c1cnn(Cc2ccc(COc3cccc(F)n3)cc2)c1. The predicted molar refractivity (Wildman–Crippen MR) is 124 cm³/mol. The highest BCUT2D eigenvalue weighted by Gasteiger charge is 2.09. The van der Waals surface area contributed by atoms with E-state index in [2.05, 4.69) is 25.4 Å². The van der Waals surface area contributed by atoms with Crippen molar-refractivity contribution in [3.63, 3.8) is 0 Å². The van der Waals surface area contributed by atoms with Gasteiger partial charge in [-0.3, -0.25) is 9.48 Å². The van der Waals surface area contributed by atoms with Gasteiger partial charge in [0.05, 0.1) is 18.3 Å². The lowest BCUT2D eigenvalue weighted by molar-refractivity contribution is 0.0951. The summed E-state index contributed by atoms with van der Waals surface area (Å²) in [6.07, 6.45) is 6.85. The van der Waals surface area contributed by atoms with E-state index in [1.807, 2.05) is 42.6 Å². The van der Waals surface area contributed by atoms with E-state index in [0.29, 0.717) is 18.7 Å². The van der Waals surface area contributed by atoms with E-state index < -0.39 is 5.95 Å². The fourth-order valence-corrected chi connectivity index (χ4v) is 3.49. The van der Waals surface area contributed by atoms with Gasteiger partial charge in [-0.2, -0.15) is 14.5 Å². The van der Waals surface area contributed by atoms with Gasteiger partial charge >= 0.3 is 0 Å². The van der Waals surface area contributed by atoms with Crippen LogP contribution in [-0.2, 0) is 19.7 Å². The third kappa shape index (κ3) is 5.09. The van der Waals surface area contributed by atoms with Gasteiger partial charge in [-0.05, 0) is 34.9 Å². The number of ether oxygens (including phenoxy) is 1. The van der Waals surface area contributed by atoms with Crippen molar-refractivity contribution in [3.05, 3.63) is 108 Å². The summed E-state index contributed by atoms with van der Waals surface area (Å²) in [5.74, 6) is -0.526. The van der Waals surface area contributed by atoms with E-state index in [4.69, 9.17) is 4.74 Å². The molecule has 5 aromatic rings. The molecule has 0 fully saturated rings. The average Bonchev–Trinajstić information content (AvgIpc) is 3.51. The summed E-state index contributed by atoms with van der Waals surface area (Å²) in [4.78, 5) is 23.6. The largest absolute Gasteiger partial charge is 0.473 e. The summed E-state index contributed by atoms with van der Waals surface area (Å²) in [5.41, 5.74) is 4.19. The zero-order valence-electron chi connectivity index (χ0n) is 18.1. The first-order valence-corrected chi connectivity index (χ1v) is 10.7. The van der Waals surface area contributed by atoms with Gasteiger partial charge in [0.2, 0.25) is 11.8 Å². The van der Waals surface area contributed by atoms with Gasteiger partial charge in [-0.25, -0.2) is 4.98 Å². The summed E-state index contributed by atoms with van der Waals surface area (Å²) in [6, 6.07) is 16.2. The summed E-state index contributed by atoms with van der Waals surface area (Å²) >= 11 is 0. The van der Waals surface area contributed by atoms with Gasteiger partial charge < -0.3 is 15.0 Å². The predicted octanol–water partition coefficient (Wildman–Crippen LogP) is 3.85. The number of carbonyl (C=O) groups excluding carboxylic acids is 1. The molecule has 0 radical (unpaired) electrons. The number of fused-ring (bicyclic) bond motifs is 1. The average molecular weight is 456 g/mol. The topological polar surface area (TPSA) is 97.7 Å². The minimum Gasteiger partial charge on any atom is -0.473 e. The molecule has 0 unspecified atom stereocenters. The Labute approximate surface area is 194 Å². The smallest absolute Gasteiger partial charge is 0.254 e. The summed E-state index contributed by atoms with van der Waals surface area (Å²) < 4.78 is 20.4. The molecule has 1 amide bonds. The Hall–Kier alpha value is -4.53. The first kappa shape index (κ1) is 21.3. The highest BCUT2D eigenvalue weighted by molar-refractivity contribution is 5.93. The minimum absolute atomic E-state index is 0.195. The molecule has 0 aliphatic heterocycles. The van der Waals surface area contributed by atoms with Crippen LogP contribution in [0.2, 0.25) is 0 Å². The molecule has 8 nitrogen and oxygen atoms in total. The molecule has 2 N–H and O–H groups in total. The maximum atomic E-state index is 13.1. The molecule has 34 heavy (non-hydrogen) atoms. The Balaban J connectivity index is 1.14. The lowest BCUT2D eigenvalue weighted by Crippen LogP contribution is -2.22. The fourth-order valence-electron chi connectivity index (χ4n) is 3.49. The Morgan fingerprint density at radius 2 is 1.91 bits per heavy atom. The number of hydrogen-bond donors (Lipinski definition) is 2. The maximum Gasteiger partial charge on any atom is 0.254 e. The van der Waals surface area contributed by atoms with Crippen molar-refractivity contribution in [2.75, 3.05) is 0 Å². The highest BCUT2D eigenvalue weighted by Crippen LogP contribution is 2.13. The number of rotatable bonds is 8. The van der Waals surface area contributed by atoms with E-state index >= 15 is 0 Å². The molecule has 1 aromatic carbocycles. The Morgan fingerprint density at radius 3 is 2.76 bits per heavy atom. The first-order valence-electron chi connectivity index (χ1n) is 10.7. The van der Waals surface area contributed by atoms with Crippen LogP contribution in [0.25, 0.3) is 11.0 Å². The van der Waals surface area contributed by atoms with Gasteiger partial charge in [-0.1, -0.05) is 30.3 Å². The Bertz CT molecular complexity index is 1430. The van der Waals surface area contributed by atoms with Crippen molar-refractivity contribution >= 4 is 16.9 Å². The summed E-state index contributed by atoms with van der Waals surface area (Å²) in [7, 11) is 0. The molecule has 9 heteroatoms. The van der Waals surface area contributed by atoms with Crippen LogP contribution in [0.1, 0.15) is 27.0 Å². The first-order chi connectivity index (χ1) is 16.6. The molecule has 0 saturated carbocycles. The van der Waals surface area contributed by atoms with Crippen LogP contribution in [-0.4, -0.2) is 30.6 Å². The molecular weight excluding hydrogens is 435 g/mol. The van der Waals surface area contributed by atoms with Gasteiger partial charge in [0.1, 0.15) is 12.3 Å². The number of hydrogen-bond acceptors (Lipinski definition) is 5. The van der Waals surface area contributed by atoms with Crippen molar-refractivity contribution < 1.29 is 13.9 Å². The zero-order valence-corrected chi connectivity index (χ0v) is 18.1. The number of amides is 1. The van der Waals surface area contributed by atoms with Crippen LogP contribution in [0, 0.1) is 5.95 Å². The summed E-state index contributed by atoms with van der Waals surface area (Å²) in [6.45, 7) is 1.19. The fraction of sp³-hybridized carbons (Fsp3) is 0.120. The van der Waals surface area contributed by atoms with Crippen molar-refractivity contribution in [2.45, 2.75) is 19.7 Å². The van der Waals surface area contributed by atoms with Gasteiger partial charge in [0.15, 0.2) is 0 Å². The van der Waals surface area contributed by atoms with Crippen molar-refractivity contribution in [2.24, 2.45) is 0 Å². The third-order valence-electron chi connectivity index (χ3n) is 5.25. The van der Waals surface area contributed by atoms with E-state index in [1.54, 1.807) is 35.4 Å². The lowest BCUT2D eigenvalue weighted by atomic mass is 10.1. The zero-order chi connectivity index (χ0) is 23.3. The van der Waals surface area contributed by atoms with Gasteiger partial charge in [0, 0.05) is 36.6 Å². The van der Waals surface area contributed by atoms with Crippen molar-refractivity contribution in [3.8, 4) is 5.88 Å². The number of H-pyrrole nitrogens is 1. The normalized spacial score (nSPS) is 11.0. The molecule has 5 rings (SSSR count). The molecule has 4 heterocycles. The molecule has 0 aliphatic rings. The van der Waals surface area contributed by atoms with E-state index in [-0.39, 0.29) is 18.4 Å². The quantitative estimate of drug-likeness (QED) is 0.346. The molecule has 4 aromatic heterocycles. The molecule has 0 aliphatic carbocycles. The van der Waals surface area contributed by atoms with Crippen LogP contribution >= 0.6 is 0 Å². The van der Waals surface area contributed by atoms with Crippen LogP contribution < -0.4 is 10.1 Å². The van der Waals surface area contributed by atoms with Crippen molar-refractivity contribution in [1.29, 1.82) is 0 Å². The molecule has 0 atom stereocenters. The third-order valence-corrected chi connectivity index (χ3v) is 5.25. The number of aromatic amines is 1. The number of nitrogens with zero attached hydrogens (tertiary/aromatic N) is 4. The standard InChI is InChI=1S/C25H21FN6O2/c26-22-2-1-3-23(31-22)34-16-18-6-4-17(5-7-18)14-32-15-21(13-30-32)25(33)29-12-19-10-20-8-9-27-24(20)28-11-19/h1-11,13,15H,12,14,16H2,(H,27,28)(H,29,33).